The minimum absolute atomic E-state index is 0.178. The number of nitro groups is 1. The number of para-hydroxylation sites is 1. The first-order chi connectivity index (χ1) is 25.1. The molecule has 0 aliphatic carbocycles. The zero-order chi connectivity index (χ0) is 36.2. The van der Waals surface area contributed by atoms with Gasteiger partial charge in [0.1, 0.15) is 5.69 Å². The number of nitrogens with zero attached hydrogens (tertiary/aromatic N) is 4. The third-order valence-corrected chi connectivity index (χ3v) is 12.7. The third-order valence-electron chi connectivity index (χ3n) is 11.4. The molecule has 1 amide bonds. The Kier molecular flexibility index (Phi) is 11.0. The average Bonchev–Trinajstić information content (AvgIpc) is 3.34. The molecule has 2 atom stereocenters. The summed E-state index contributed by atoms with van der Waals surface area (Å²) >= 11 is 0. The maximum absolute atomic E-state index is 13.1. The van der Waals surface area contributed by atoms with Gasteiger partial charge < -0.3 is 25.2 Å². The van der Waals surface area contributed by atoms with E-state index in [1.807, 2.05) is 12.1 Å². The molecule has 0 radical (unpaired) electrons. The fraction of sp³-hybridized carbons (Fsp3) is 0.500. The largest absolute Gasteiger partial charge is 0.382 e. The van der Waals surface area contributed by atoms with Crippen LogP contribution in [0.4, 0.5) is 22.7 Å². The number of fused-ring (bicyclic) bond motifs is 2. The van der Waals surface area contributed by atoms with Gasteiger partial charge in [-0.1, -0.05) is 18.2 Å². The van der Waals surface area contributed by atoms with Crippen molar-refractivity contribution in [3.8, 4) is 0 Å². The second kappa shape index (κ2) is 15.8. The molecule has 0 spiro atoms. The fourth-order valence-corrected chi connectivity index (χ4v) is 9.19. The lowest BCUT2D eigenvalue weighted by atomic mass is 9.97. The van der Waals surface area contributed by atoms with Crippen molar-refractivity contribution in [2.45, 2.75) is 68.1 Å². The van der Waals surface area contributed by atoms with Crippen molar-refractivity contribution < 1.29 is 22.9 Å². The quantitative estimate of drug-likeness (QED) is 0.172. The van der Waals surface area contributed by atoms with Crippen LogP contribution in [0.1, 0.15) is 54.4 Å². The van der Waals surface area contributed by atoms with E-state index in [1.54, 1.807) is 12.1 Å². The van der Waals surface area contributed by atoms with Gasteiger partial charge in [-0.05, 0) is 99.5 Å². The van der Waals surface area contributed by atoms with Gasteiger partial charge in [-0.15, -0.1) is 0 Å². The van der Waals surface area contributed by atoms with Crippen molar-refractivity contribution in [1.82, 2.24) is 14.5 Å². The first kappa shape index (κ1) is 36.1. The van der Waals surface area contributed by atoms with Gasteiger partial charge in [-0.3, -0.25) is 19.8 Å². The zero-order valence-corrected chi connectivity index (χ0v) is 30.5. The Bertz CT molecular complexity index is 1830. The molecule has 52 heavy (non-hydrogen) atoms. The number of carbonyl (C=O) groups excluding carboxylic acids is 1. The van der Waals surface area contributed by atoms with Crippen LogP contribution < -0.4 is 20.3 Å². The SMILES string of the molecule is CN1[C@H]2CC[C@H]1CC(Nc1ccccc1CN1CCN(c3ccc(C(=O)NS(=O)(=O)c4ccc(NCC5CCOCC5)c([N+](=O)[O-])c4)cc3)CC1)C2. The number of hydrogen-bond donors (Lipinski definition) is 3. The summed E-state index contributed by atoms with van der Waals surface area (Å²) in [6.07, 6.45) is 6.72. The lowest BCUT2D eigenvalue weighted by Crippen LogP contribution is -2.46. The van der Waals surface area contributed by atoms with Gasteiger partial charge in [-0.2, -0.15) is 0 Å². The van der Waals surface area contributed by atoms with Crippen LogP contribution in [0.3, 0.4) is 0 Å². The van der Waals surface area contributed by atoms with Crippen LogP contribution in [0.15, 0.2) is 71.6 Å². The van der Waals surface area contributed by atoms with E-state index in [-0.39, 0.29) is 21.8 Å². The number of benzene rings is 3. The Morgan fingerprint density at radius 1 is 0.904 bits per heavy atom. The highest BCUT2D eigenvalue weighted by molar-refractivity contribution is 7.90. The number of anilines is 3. The van der Waals surface area contributed by atoms with Crippen LogP contribution in [0.5, 0.6) is 0 Å². The Balaban J connectivity index is 0.914. The van der Waals surface area contributed by atoms with Gasteiger partial charge in [0.25, 0.3) is 21.6 Å². The lowest BCUT2D eigenvalue weighted by Gasteiger charge is -2.38. The number of rotatable bonds is 12. The first-order valence-corrected chi connectivity index (χ1v) is 19.9. The van der Waals surface area contributed by atoms with Crippen LogP contribution in [-0.4, -0.2) is 100 Å². The summed E-state index contributed by atoms with van der Waals surface area (Å²) in [7, 11) is -2.09. The molecule has 7 rings (SSSR count). The molecule has 0 aromatic heterocycles. The number of carbonyl (C=O) groups is 1. The number of sulfonamides is 1. The molecule has 0 saturated carbocycles. The van der Waals surface area contributed by atoms with Gasteiger partial charge in [0, 0.05) is 93.6 Å². The van der Waals surface area contributed by atoms with Crippen molar-refractivity contribution >= 4 is 38.7 Å². The van der Waals surface area contributed by atoms with E-state index >= 15 is 0 Å². The molecule has 3 aromatic rings. The second-order valence-electron chi connectivity index (χ2n) is 14.6. The van der Waals surface area contributed by atoms with Crippen LogP contribution in [0.2, 0.25) is 0 Å². The normalized spacial score (nSPS) is 22.9. The van der Waals surface area contributed by atoms with E-state index in [9.17, 15) is 23.3 Å². The van der Waals surface area contributed by atoms with E-state index in [1.165, 1.54) is 49.1 Å². The molecule has 2 bridgehead atoms. The minimum Gasteiger partial charge on any atom is -0.382 e. The predicted octanol–water partition coefficient (Wildman–Crippen LogP) is 4.91. The number of nitro benzene ring substituents is 1. The Labute approximate surface area is 305 Å². The minimum atomic E-state index is -4.37. The summed E-state index contributed by atoms with van der Waals surface area (Å²) in [6, 6.07) is 21.1. The van der Waals surface area contributed by atoms with Gasteiger partial charge >= 0.3 is 0 Å². The Hall–Kier alpha value is -4.24. The summed E-state index contributed by atoms with van der Waals surface area (Å²) in [4.78, 5) is 31.2. The molecule has 4 fully saturated rings. The van der Waals surface area contributed by atoms with Crippen molar-refractivity contribution in [3.63, 3.8) is 0 Å². The molecule has 3 aromatic carbocycles. The number of piperazine rings is 1. The molecule has 4 saturated heterocycles. The molecule has 4 aliphatic heterocycles. The Morgan fingerprint density at radius 2 is 1.60 bits per heavy atom. The highest BCUT2D eigenvalue weighted by Gasteiger charge is 2.38. The highest BCUT2D eigenvalue weighted by Crippen LogP contribution is 2.36. The van der Waals surface area contributed by atoms with Gasteiger partial charge in [-0.25, -0.2) is 13.1 Å². The standard InChI is InChI=1S/C38H49N7O6S/c1-42-32-10-11-33(42)23-30(22-32)40-35-5-3-2-4-29(35)26-43-16-18-44(19-17-43)31-8-6-28(7-9-31)38(46)41-52(49,50)34-12-13-36(37(24-34)45(47)48)39-25-27-14-20-51-21-15-27/h2-9,12-13,24,27,30,32-33,39-40H,10-11,14-23,25-26H2,1H3,(H,41,46)/t32-,33-/m0/s1. The van der Waals surface area contributed by atoms with Crippen LogP contribution >= 0.6 is 0 Å². The molecule has 14 heteroatoms. The average molecular weight is 732 g/mol. The first-order valence-electron chi connectivity index (χ1n) is 18.4. The lowest BCUT2D eigenvalue weighted by molar-refractivity contribution is -0.384. The fourth-order valence-electron chi connectivity index (χ4n) is 8.20. The summed E-state index contributed by atoms with van der Waals surface area (Å²) in [5.74, 6) is -0.493. The summed E-state index contributed by atoms with van der Waals surface area (Å²) < 4.78 is 33.7. The molecule has 0 unspecified atom stereocenters. The van der Waals surface area contributed by atoms with Crippen molar-refractivity contribution in [1.29, 1.82) is 0 Å². The monoisotopic (exact) mass is 731 g/mol. The molecule has 4 heterocycles. The van der Waals surface area contributed by atoms with Gasteiger partial charge in [0.05, 0.1) is 9.82 Å². The van der Waals surface area contributed by atoms with E-state index in [0.717, 1.165) is 57.3 Å². The molecular weight excluding hydrogens is 683 g/mol. The summed E-state index contributed by atoms with van der Waals surface area (Å²) in [5.41, 5.74) is 3.55. The number of amides is 1. The van der Waals surface area contributed by atoms with Crippen molar-refractivity contribution in [2.24, 2.45) is 5.92 Å². The van der Waals surface area contributed by atoms with Crippen LogP contribution in [0.25, 0.3) is 0 Å². The summed E-state index contributed by atoms with van der Waals surface area (Å²) in [5, 5.41) is 18.8. The van der Waals surface area contributed by atoms with E-state index < -0.39 is 20.9 Å². The molecule has 13 nitrogen and oxygen atoms in total. The van der Waals surface area contributed by atoms with Crippen molar-refractivity contribution in [3.05, 3.63) is 88.0 Å². The van der Waals surface area contributed by atoms with E-state index in [4.69, 9.17) is 4.74 Å². The molecule has 3 N–H and O–H groups in total. The molecular formula is C38H49N7O6S. The van der Waals surface area contributed by atoms with Crippen molar-refractivity contribution in [2.75, 3.05) is 68.5 Å². The molecule has 4 aliphatic rings. The van der Waals surface area contributed by atoms with Gasteiger partial charge in [0.15, 0.2) is 0 Å². The van der Waals surface area contributed by atoms with Crippen LogP contribution in [0, 0.1) is 16.0 Å². The van der Waals surface area contributed by atoms with Crippen LogP contribution in [-0.2, 0) is 21.3 Å². The Morgan fingerprint density at radius 3 is 2.29 bits per heavy atom. The van der Waals surface area contributed by atoms with E-state index in [2.05, 4.69) is 61.4 Å². The summed E-state index contributed by atoms with van der Waals surface area (Å²) in [6.45, 7) is 6.13. The number of hydrogen-bond acceptors (Lipinski definition) is 11. The second-order valence-corrected chi connectivity index (χ2v) is 16.3. The number of nitrogens with one attached hydrogen (secondary N) is 3. The number of piperidine rings is 1. The zero-order valence-electron chi connectivity index (χ0n) is 29.7. The number of ether oxygens (including phenoxy) is 1. The van der Waals surface area contributed by atoms with E-state index in [0.29, 0.717) is 43.8 Å². The third kappa shape index (κ3) is 8.35. The maximum atomic E-state index is 13.1. The predicted molar refractivity (Wildman–Crippen MR) is 201 cm³/mol. The maximum Gasteiger partial charge on any atom is 0.293 e. The highest BCUT2D eigenvalue weighted by atomic mass is 32.2. The molecule has 278 valence electrons. The smallest absolute Gasteiger partial charge is 0.293 e. The van der Waals surface area contributed by atoms with Gasteiger partial charge in [0.2, 0.25) is 0 Å². The topological polar surface area (TPSA) is 149 Å².